The fourth-order valence-electron chi connectivity index (χ4n) is 2.05. The van der Waals surface area contributed by atoms with Gasteiger partial charge in [0.1, 0.15) is 12.4 Å². The summed E-state index contributed by atoms with van der Waals surface area (Å²) in [6, 6.07) is 8.85. The summed E-state index contributed by atoms with van der Waals surface area (Å²) >= 11 is 5.77. The lowest BCUT2D eigenvalue weighted by Crippen LogP contribution is -2.24. The van der Waals surface area contributed by atoms with E-state index in [-0.39, 0.29) is 17.3 Å². The first-order chi connectivity index (χ1) is 11.0. The van der Waals surface area contributed by atoms with Crippen molar-refractivity contribution in [2.24, 2.45) is 5.73 Å². The van der Waals surface area contributed by atoms with Crippen LogP contribution in [-0.2, 0) is 6.54 Å². The lowest BCUT2D eigenvalue weighted by atomic mass is 10.1. The van der Waals surface area contributed by atoms with Crippen LogP contribution in [0.2, 0.25) is 5.15 Å². The summed E-state index contributed by atoms with van der Waals surface area (Å²) in [7, 11) is 1.77. The van der Waals surface area contributed by atoms with Gasteiger partial charge in [-0.15, -0.1) is 16.6 Å². The van der Waals surface area contributed by atoms with E-state index in [0.717, 1.165) is 5.56 Å². The van der Waals surface area contributed by atoms with Crippen molar-refractivity contribution < 1.29 is 9.53 Å². The van der Waals surface area contributed by atoms with E-state index in [0.29, 0.717) is 18.1 Å². The molecule has 0 fully saturated rings. The molecule has 23 heavy (non-hydrogen) atoms. The highest BCUT2D eigenvalue weighted by molar-refractivity contribution is 6.29. The summed E-state index contributed by atoms with van der Waals surface area (Å²) < 4.78 is 5.51. The number of halogens is 1. The molecule has 1 aromatic carbocycles. The van der Waals surface area contributed by atoms with Crippen LogP contribution in [0.5, 0.6) is 5.75 Å². The number of anilines is 1. The average Bonchev–Trinajstić information content (AvgIpc) is 2.53. The topological polar surface area (TPSA) is 81.3 Å². The Bertz CT molecular complexity index is 758. The van der Waals surface area contributed by atoms with Crippen molar-refractivity contribution in [1.29, 1.82) is 0 Å². The Kier molecular flexibility index (Phi) is 5.39. The van der Waals surface area contributed by atoms with Crippen LogP contribution >= 0.6 is 11.6 Å². The zero-order valence-corrected chi connectivity index (χ0v) is 13.2. The SMILES string of the molecule is C#CCOc1ccccc1CN(C)c1nnc(Cl)cc1C(N)=O. The molecule has 6 nitrogen and oxygen atoms in total. The van der Waals surface area contributed by atoms with Crippen LogP contribution in [0.1, 0.15) is 15.9 Å². The number of primary amides is 1. The molecular weight excluding hydrogens is 316 g/mol. The number of carbonyl (C=O) groups excluding carboxylic acids is 1. The number of nitrogens with zero attached hydrogens (tertiary/aromatic N) is 3. The third-order valence-electron chi connectivity index (χ3n) is 3.06. The number of benzene rings is 1. The second-order valence-electron chi connectivity index (χ2n) is 4.73. The van der Waals surface area contributed by atoms with Crippen molar-refractivity contribution in [2.75, 3.05) is 18.6 Å². The van der Waals surface area contributed by atoms with E-state index >= 15 is 0 Å². The van der Waals surface area contributed by atoms with Gasteiger partial charge in [0.15, 0.2) is 11.0 Å². The van der Waals surface area contributed by atoms with Crippen molar-refractivity contribution in [1.82, 2.24) is 10.2 Å². The highest BCUT2D eigenvalue weighted by Gasteiger charge is 2.17. The predicted molar refractivity (Wildman–Crippen MR) is 88.4 cm³/mol. The Labute approximate surface area is 139 Å². The molecule has 2 aromatic rings. The lowest BCUT2D eigenvalue weighted by molar-refractivity contribution is 0.1000. The van der Waals surface area contributed by atoms with Gasteiger partial charge < -0.3 is 15.4 Å². The number of rotatable bonds is 6. The third kappa shape index (κ3) is 4.11. The zero-order valence-electron chi connectivity index (χ0n) is 12.5. The maximum Gasteiger partial charge on any atom is 0.252 e. The first kappa shape index (κ1) is 16.6. The molecule has 0 radical (unpaired) electrons. The minimum atomic E-state index is -0.625. The number of hydrogen-bond acceptors (Lipinski definition) is 5. The third-order valence-corrected chi connectivity index (χ3v) is 3.25. The maximum absolute atomic E-state index is 11.6. The van der Waals surface area contributed by atoms with Crippen LogP contribution in [0.25, 0.3) is 0 Å². The average molecular weight is 331 g/mol. The molecule has 0 aliphatic rings. The summed E-state index contributed by atoms with van der Waals surface area (Å²) in [5.41, 5.74) is 6.46. The van der Waals surface area contributed by atoms with E-state index in [1.807, 2.05) is 24.3 Å². The molecule has 1 heterocycles. The molecular formula is C16H15ClN4O2. The predicted octanol–water partition coefficient (Wildman–Crippen LogP) is 1.88. The fourth-order valence-corrected chi connectivity index (χ4v) is 2.20. The molecule has 0 aliphatic carbocycles. The van der Waals surface area contributed by atoms with Gasteiger partial charge in [-0.2, -0.15) is 0 Å². The molecule has 7 heteroatoms. The Morgan fingerprint density at radius 1 is 1.43 bits per heavy atom. The van der Waals surface area contributed by atoms with E-state index in [9.17, 15) is 4.79 Å². The Morgan fingerprint density at radius 3 is 2.87 bits per heavy atom. The number of amides is 1. The summed E-state index contributed by atoms with van der Waals surface area (Å²) in [5.74, 6) is 2.81. The fraction of sp³-hybridized carbons (Fsp3) is 0.188. The summed E-state index contributed by atoms with van der Waals surface area (Å²) in [4.78, 5) is 13.3. The van der Waals surface area contributed by atoms with Crippen LogP contribution in [0.3, 0.4) is 0 Å². The van der Waals surface area contributed by atoms with Gasteiger partial charge >= 0.3 is 0 Å². The van der Waals surface area contributed by atoms with Crippen LogP contribution in [0.4, 0.5) is 5.82 Å². The summed E-state index contributed by atoms with van der Waals surface area (Å²) in [6.07, 6.45) is 5.22. The molecule has 118 valence electrons. The van der Waals surface area contributed by atoms with Gasteiger partial charge in [-0.25, -0.2) is 0 Å². The first-order valence-corrected chi connectivity index (χ1v) is 7.09. The molecule has 0 saturated heterocycles. The molecule has 1 aromatic heterocycles. The molecule has 0 spiro atoms. The number of ether oxygens (including phenoxy) is 1. The zero-order chi connectivity index (χ0) is 16.8. The van der Waals surface area contributed by atoms with Gasteiger partial charge in [0, 0.05) is 19.2 Å². The molecule has 2 N–H and O–H groups in total. The number of para-hydroxylation sites is 1. The maximum atomic E-state index is 11.6. The second kappa shape index (κ2) is 7.47. The van der Waals surface area contributed by atoms with Crippen molar-refractivity contribution in [3.63, 3.8) is 0 Å². The second-order valence-corrected chi connectivity index (χ2v) is 5.11. The number of terminal acetylenes is 1. The van der Waals surface area contributed by atoms with Gasteiger partial charge in [0.2, 0.25) is 0 Å². The molecule has 1 amide bonds. The van der Waals surface area contributed by atoms with Gasteiger partial charge in [-0.1, -0.05) is 35.7 Å². The monoisotopic (exact) mass is 330 g/mol. The van der Waals surface area contributed by atoms with Crippen molar-refractivity contribution in [3.05, 3.63) is 46.6 Å². The Balaban J connectivity index is 2.28. The van der Waals surface area contributed by atoms with Gasteiger partial charge in [-0.05, 0) is 12.1 Å². The lowest BCUT2D eigenvalue weighted by Gasteiger charge is -2.21. The van der Waals surface area contributed by atoms with E-state index in [1.165, 1.54) is 6.07 Å². The number of carbonyl (C=O) groups is 1. The van der Waals surface area contributed by atoms with E-state index in [1.54, 1.807) is 11.9 Å². The smallest absolute Gasteiger partial charge is 0.252 e. The standard InChI is InChI=1S/C16H15ClN4O2/c1-3-8-23-13-7-5-4-6-11(13)10-21(2)16-12(15(18)22)9-14(17)19-20-16/h1,4-7,9H,8,10H2,2H3,(H2,18,22). The van der Waals surface area contributed by atoms with Gasteiger partial charge in [0.25, 0.3) is 5.91 Å². The van der Waals surface area contributed by atoms with Crippen molar-refractivity contribution >= 4 is 23.3 Å². The van der Waals surface area contributed by atoms with Crippen LogP contribution in [0.15, 0.2) is 30.3 Å². The minimum Gasteiger partial charge on any atom is -0.481 e. The van der Waals surface area contributed by atoms with Crippen molar-refractivity contribution in [3.8, 4) is 18.1 Å². The number of aromatic nitrogens is 2. The van der Waals surface area contributed by atoms with E-state index in [2.05, 4.69) is 16.1 Å². The molecule has 2 rings (SSSR count). The Hall–Kier alpha value is -2.78. The van der Waals surface area contributed by atoms with E-state index < -0.39 is 5.91 Å². The summed E-state index contributed by atoms with van der Waals surface area (Å²) in [5, 5.41) is 7.83. The minimum absolute atomic E-state index is 0.105. The molecule has 0 saturated carbocycles. The van der Waals surface area contributed by atoms with Crippen LogP contribution in [-0.4, -0.2) is 29.8 Å². The van der Waals surface area contributed by atoms with E-state index in [4.69, 9.17) is 28.5 Å². The van der Waals surface area contributed by atoms with Gasteiger partial charge in [0.05, 0.1) is 5.56 Å². The summed E-state index contributed by atoms with van der Waals surface area (Å²) in [6.45, 7) is 0.603. The Morgan fingerprint density at radius 2 is 2.17 bits per heavy atom. The highest BCUT2D eigenvalue weighted by atomic mass is 35.5. The van der Waals surface area contributed by atoms with Crippen LogP contribution < -0.4 is 15.4 Å². The molecule has 0 unspecified atom stereocenters. The highest BCUT2D eigenvalue weighted by Crippen LogP contribution is 2.24. The first-order valence-electron chi connectivity index (χ1n) is 6.71. The molecule has 0 aliphatic heterocycles. The molecule has 0 atom stereocenters. The quantitative estimate of drug-likeness (QED) is 0.818. The van der Waals surface area contributed by atoms with Crippen LogP contribution in [0, 0.1) is 12.3 Å². The molecule has 0 bridgehead atoms. The largest absolute Gasteiger partial charge is 0.481 e. The number of hydrogen-bond donors (Lipinski definition) is 1. The normalized spacial score (nSPS) is 9.96. The van der Waals surface area contributed by atoms with Gasteiger partial charge in [-0.3, -0.25) is 4.79 Å². The van der Waals surface area contributed by atoms with Crippen molar-refractivity contribution in [2.45, 2.75) is 6.54 Å². The number of nitrogens with two attached hydrogens (primary N) is 1.